The maximum atomic E-state index is 6.69. The van der Waals surface area contributed by atoms with Crippen LogP contribution in [0.15, 0.2) is 0 Å². The van der Waals surface area contributed by atoms with Gasteiger partial charge in [0, 0.05) is 13.2 Å². The van der Waals surface area contributed by atoms with Gasteiger partial charge in [-0.2, -0.15) is 0 Å². The largest absolute Gasteiger partial charge is 0.381 e. The zero-order valence-electron chi connectivity index (χ0n) is 4.13. The minimum absolute atomic E-state index is 1.00. The van der Waals surface area contributed by atoms with Crippen LogP contribution in [0.1, 0.15) is 12.8 Å². The smallest absolute Gasteiger partial charge is 0.0466 e. The number of rotatable bonds is 0. The Balaban J connectivity index is 0.000000162. The third kappa shape index (κ3) is 4.12. The van der Waals surface area contributed by atoms with E-state index in [-0.39, 0.29) is 0 Å². The van der Waals surface area contributed by atoms with Gasteiger partial charge in [0.05, 0.1) is 0 Å². The van der Waals surface area contributed by atoms with Crippen molar-refractivity contribution in [2.75, 3.05) is 13.2 Å². The van der Waals surface area contributed by atoms with Crippen LogP contribution in [0.2, 0.25) is 0 Å². The average Bonchev–Trinajstić information content (AvgIpc) is 2.23. The number of hydrogen-bond donors (Lipinski definition) is 2. The summed E-state index contributed by atoms with van der Waals surface area (Å²) in [4.78, 5) is 0. The molecule has 1 saturated heterocycles. The second-order valence-corrected chi connectivity index (χ2v) is 1.32. The van der Waals surface area contributed by atoms with E-state index in [1.165, 1.54) is 12.8 Å². The summed E-state index contributed by atoms with van der Waals surface area (Å²) >= 11 is 2.53. The minimum Gasteiger partial charge on any atom is -0.381 e. The normalized spacial score (nSPS) is 18.0. The highest BCUT2D eigenvalue weighted by Crippen LogP contribution is 1.98. The molecule has 0 aliphatic carbocycles. The first-order chi connectivity index (χ1) is 3.50. The average molecular weight is 122 g/mol. The summed E-state index contributed by atoms with van der Waals surface area (Å²) in [5.74, 6) is 0. The van der Waals surface area contributed by atoms with Gasteiger partial charge in [-0.1, -0.05) is 0 Å². The number of thiol groups is 1. The van der Waals surface area contributed by atoms with Crippen LogP contribution in [0.5, 0.6) is 0 Å². The van der Waals surface area contributed by atoms with Crippen LogP contribution in [0, 0.1) is 0 Å². The molecule has 1 fully saturated rings. The molecule has 0 aromatic heterocycles. The molecule has 2 nitrogen and oxygen atoms in total. The van der Waals surface area contributed by atoms with Crippen molar-refractivity contribution < 1.29 is 9.29 Å². The van der Waals surface area contributed by atoms with Crippen LogP contribution in [-0.2, 0) is 4.74 Å². The second-order valence-electron chi connectivity index (χ2n) is 1.32. The summed E-state index contributed by atoms with van der Waals surface area (Å²) in [7, 11) is 0. The van der Waals surface area contributed by atoms with Gasteiger partial charge in [-0.15, -0.1) is 0 Å². The van der Waals surface area contributed by atoms with Crippen molar-refractivity contribution in [1.29, 1.82) is 0 Å². The molecule has 7 heavy (non-hydrogen) atoms. The van der Waals surface area contributed by atoms with E-state index in [1.807, 2.05) is 0 Å². The van der Waals surface area contributed by atoms with E-state index in [2.05, 4.69) is 12.9 Å². The standard InChI is InChI=1S/C4H8O.H2OS/c1-2-4-5-3-1;1-2/h1-4H2;1-2H. The van der Waals surface area contributed by atoms with Gasteiger partial charge in [0.2, 0.25) is 0 Å². The molecule has 0 spiro atoms. The first kappa shape index (κ1) is 7.27. The summed E-state index contributed by atoms with van der Waals surface area (Å²) in [6.07, 6.45) is 2.56. The van der Waals surface area contributed by atoms with E-state index >= 15 is 0 Å². The van der Waals surface area contributed by atoms with Crippen molar-refractivity contribution >= 4 is 12.9 Å². The molecule has 0 atom stereocenters. The van der Waals surface area contributed by atoms with Crippen molar-refractivity contribution in [3.8, 4) is 0 Å². The molecule has 3 heteroatoms. The fourth-order valence-electron chi connectivity index (χ4n) is 0.510. The van der Waals surface area contributed by atoms with Crippen molar-refractivity contribution in [2.45, 2.75) is 12.8 Å². The third-order valence-electron chi connectivity index (χ3n) is 0.827. The molecule has 0 bridgehead atoms. The lowest BCUT2D eigenvalue weighted by Crippen LogP contribution is -1.74. The van der Waals surface area contributed by atoms with Crippen molar-refractivity contribution in [3.05, 3.63) is 0 Å². The Kier molecular flexibility index (Phi) is 6.51. The molecule has 1 heterocycles. The van der Waals surface area contributed by atoms with E-state index in [0.29, 0.717) is 0 Å². The zero-order valence-corrected chi connectivity index (χ0v) is 5.03. The first-order valence-electron chi connectivity index (χ1n) is 2.28. The molecule has 1 aliphatic rings. The lowest BCUT2D eigenvalue weighted by atomic mass is 10.4. The van der Waals surface area contributed by atoms with E-state index in [9.17, 15) is 0 Å². The van der Waals surface area contributed by atoms with Crippen molar-refractivity contribution in [1.82, 2.24) is 0 Å². The van der Waals surface area contributed by atoms with Crippen molar-refractivity contribution in [2.24, 2.45) is 0 Å². The van der Waals surface area contributed by atoms with Gasteiger partial charge in [-0.05, 0) is 25.8 Å². The molecule has 1 rings (SSSR count). The van der Waals surface area contributed by atoms with Gasteiger partial charge in [0.15, 0.2) is 0 Å². The van der Waals surface area contributed by atoms with Crippen LogP contribution in [0.4, 0.5) is 0 Å². The summed E-state index contributed by atoms with van der Waals surface area (Å²) < 4.78 is 11.6. The maximum Gasteiger partial charge on any atom is 0.0466 e. The third-order valence-corrected chi connectivity index (χ3v) is 0.827. The molecule has 1 N–H and O–H groups in total. The second kappa shape index (κ2) is 6.27. The van der Waals surface area contributed by atoms with E-state index in [1.54, 1.807) is 0 Å². The highest BCUT2D eigenvalue weighted by molar-refractivity contribution is 7.74. The highest BCUT2D eigenvalue weighted by atomic mass is 32.1. The van der Waals surface area contributed by atoms with Gasteiger partial charge in [-0.3, -0.25) is 0 Å². The lowest BCUT2D eigenvalue weighted by Gasteiger charge is -1.76. The summed E-state index contributed by atoms with van der Waals surface area (Å²) in [5, 5.41) is 0. The van der Waals surface area contributed by atoms with Gasteiger partial charge in [0.1, 0.15) is 0 Å². The van der Waals surface area contributed by atoms with E-state index in [4.69, 9.17) is 9.29 Å². The van der Waals surface area contributed by atoms with Crippen molar-refractivity contribution in [3.63, 3.8) is 0 Å². The molecule has 0 saturated carbocycles. The Morgan fingerprint density at radius 3 is 1.71 bits per heavy atom. The minimum atomic E-state index is 1.00. The van der Waals surface area contributed by atoms with Gasteiger partial charge in [0.25, 0.3) is 0 Å². The van der Waals surface area contributed by atoms with Gasteiger partial charge < -0.3 is 9.29 Å². The van der Waals surface area contributed by atoms with Gasteiger partial charge >= 0.3 is 0 Å². The Morgan fingerprint density at radius 2 is 1.57 bits per heavy atom. The van der Waals surface area contributed by atoms with E-state index in [0.717, 1.165) is 13.2 Å². The molecule has 44 valence electrons. The van der Waals surface area contributed by atoms with E-state index < -0.39 is 0 Å². The van der Waals surface area contributed by atoms with Gasteiger partial charge in [-0.25, -0.2) is 0 Å². The SMILES string of the molecule is C1CCOC1.OS. The number of ether oxygens (including phenoxy) is 1. The topological polar surface area (TPSA) is 29.5 Å². The molecule has 0 radical (unpaired) electrons. The Labute approximate surface area is 49.1 Å². The molecular formula is C4H10O2S. The zero-order chi connectivity index (χ0) is 5.54. The molecule has 1 aliphatic heterocycles. The lowest BCUT2D eigenvalue weighted by molar-refractivity contribution is 0.198. The van der Waals surface area contributed by atoms with Crippen LogP contribution in [0.3, 0.4) is 0 Å². The molecule has 0 aromatic carbocycles. The maximum absolute atomic E-state index is 6.69. The predicted octanol–water partition coefficient (Wildman–Crippen LogP) is 1.19. The van der Waals surface area contributed by atoms with Crippen LogP contribution >= 0.6 is 12.9 Å². The fraction of sp³-hybridized carbons (Fsp3) is 1.00. The molecule has 0 amide bonds. The van der Waals surface area contributed by atoms with Crippen LogP contribution in [-0.4, -0.2) is 17.8 Å². The Bertz CT molecular complexity index is 21.3. The van der Waals surface area contributed by atoms with Crippen LogP contribution < -0.4 is 0 Å². The Morgan fingerprint density at radius 1 is 1.14 bits per heavy atom. The predicted molar refractivity (Wildman–Crippen MR) is 31.7 cm³/mol. The summed E-state index contributed by atoms with van der Waals surface area (Å²) in [6.45, 7) is 2.00. The molecule has 0 aromatic rings. The summed E-state index contributed by atoms with van der Waals surface area (Å²) in [6, 6.07) is 0. The number of hydrogen-bond acceptors (Lipinski definition) is 3. The monoisotopic (exact) mass is 122 g/mol. The quantitative estimate of drug-likeness (QED) is 0.373. The molecule has 0 unspecified atom stereocenters. The van der Waals surface area contributed by atoms with Crippen LogP contribution in [0.25, 0.3) is 0 Å². The summed E-state index contributed by atoms with van der Waals surface area (Å²) in [5.41, 5.74) is 0. The fourth-order valence-corrected chi connectivity index (χ4v) is 0.510. The molecular weight excluding hydrogens is 112 g/mol. The highest BCUT2D eigenvalue weighted by Gasteiger charge is 1.94. The Hall–Kier alpha value is 0.270. The first-order valence-corrected chi connectivity index (χ1v) is 2.68.